The van der Waals surface area contributed by atoms with Crippen LogP contribution < -0.4 is 16.2 Å². The van der Waals surface area contributed by atoms with Crippen molar-refractivity contribution < 1.29 is 9.53 Å². The van der Waals surface area contributed by atoms with Gasteiger partial charge in [-0.1, -0.05) is 30.3 Å². The molecule has 0 aliphatic rings. The van der Waals surface area contributed by atoms with Gasteiger partial charge in [-0.15, -0.1) is 0 Å². The monoisotopic (exact) mass is 256 g/mol. The second-order valence-corrected chi connectivity index (χ2v) is 4.29. The third-order valence-corrected chi connectivity index (χ3v) is 2.84. The molecule has 98 valence electrons. The van der Waals surface area contributed by atoms with E-state index in [0.29, 0.717) is 17.0 Å². The van der Waals surface area contributed by atoms with E-state index in [9.17, 15) is 4.79 Å². The van der Waals surface area contributed by atoms with E-state index in [2.05, 4.69) is 0 Å². The second-order valence-electron chi connectivity index (χ2n) is 4.29. The summed E-state index contributed by atoms with van der Waals surface area (Å²) in [5.41, 5.74) is 12.9. The number of primary amides is 1. The van der Waals surface area contributed by atoms with Crippen molar-refractivity contribution in [1.29, 1.82) is 0 Å². The zero-order valence-corrected chi connectivity index (χ0v) is 10.7. The first kappa shape index (κ1) is 13.0. The van der Waals surface area contributed by atoms with Gasteiger partial charge in [-0.05, 0) is 24.6 Å². The molecule has 1 amide bonds. The summed E-state index contributed by atoms with van der Waals surface area (Å²) in [5.74, 6) is -0.126. The van der Waals surface area contributed by atoms with Crippen molar-refractivity contribution in [3.63, 3.8) is 0 Å². The molecular formula is C15H16N2O2. The van der Waals surface area contributed by atoms with Crippen LogP contribution in [0.4, 0.5) is 5.69 Å². The summed E-state index contributed by atoms with van der Waals surface area (Å²) in [6, 6.07) is 14.5. The molecule has 0 radical (unpaired) electrons. The van der Waals surface area contributed by atoms with E-state index in [1.807, 2.05) is 37.3 Å². The topological polar surface area (TPSA) is 78.3 Å². The second kappa shape index (κ2) is 5.44. The van der Waals surface area contributed by atoms with Gasteiger partial charge in [0.2, 0.25) is 0 Å². The fourth-order valence-electron chi connectivity index (χ4n) is 1.82. The number of benzene rings is 2. The maximum Gasteiger partial charge on any atom is 0.252 e. The van der Waals surface area contributed by atoms with Gasteiger partial charge >= 0.3 is 0 Å². The van der Waals surface area contributed by atoms with Gasteiger partial charge in [0.15, 0.2) is 0 Å². The van der Waals surface area contributed by atoms with Crippen molar-refractivity contribution >= 4 is 11.6 Å². The number of nitrogens with two attached hydrogens (primary N) is 2. The zero-order valence-electron chi connectivity index (χ0n) is 10.7. The lowest BCUT2D eigenvalue weighted by Crippen LogP contribution is -2.14. The number of carbonyl (C=O) groups excluding carboxylic acids is 1. The highest BCUT2D eigenvalue weighted by molar-refractivity contribution is 5.96. The number of anilines is 1. The molecule has 4 heteroatoms. The Morgan fingerprint density at radius 3 is 2.47 bits per heavy atom. The van der Waals surface area contributed by atoms with Gasteiger partial charge in [-0.3, -0.25) is 4.79 Å². The first-order chi connectivity index (χ1) is 9.08. The summed E-state index contributed by atoms with van der Waals surface area (Å²) < 4.78 is 5.79. The lowest BCUT2D eigenvalue weighted by atomic mass is 10.1. The van der Waals surface area contributed by atoms with E-state index in [1.54, 1.807) is 18.2 Å². The van der Waals surface area contributed by atoms with Gasteiger partial charge in [0.1, 0.15) is 11.9 Å². The van der Waals surface area contributed by atoms with Crippen molar-refractivity contribution in [3.05, 3.63) is 59.7 Å². The largest absolute Gasteiger partial charge is 0.485 e. The standard InChI is InChI=1S/C15H16N2O2/c1-10(11-5-3-2-4-6-11)19-14-9-12(16)7-8-13(14)15(17)18/h2-10H,16H2,1H3,(H2,17,18). The fraction of sp³-hybridized carbons (Fsp3) is 0.133. The van der Waals surface area contributed by atoms with Crippen molar-refractivity contribution in [2.75, 3.05) is 5.73 Å². The molecule has 2 aromatic carbocycles. The van der Waals surface area contributed by atoms with Crippen LogP contribution in [0.5, 0.6) is 5.75 Å². The van der Waals surface area contributed by atoms with Gasteiger partial charge in [0.05, 0.1) is 5.56 Å². The summed E-state index contributed by atoms with van der Waals surface area (Å²) in [6.07, 6.45) is -0.193. The van der Waals surface area contributed by atoms with Gasteiger partial charge in [0.25, 0.3) is 5.91 Å². The summed E-state index contributed by atoms with van der Waals surface area (Å²) in [4.78, 5) is 11.4. The van der Waals surface area contributed by atoms with Gasteiger partial charge in [0, 0.05) is 11.8 Å². The molecular weight excluding hydrogens is 240 g/mol. The first-order valence-corrected chi connectivity index (χ1v) is 5.99. The molecule has 0 heterocycles. The maximum absolute atomic E-state index is 11.4. The fourth-order valence-corrected chi connectivity index (χ4v) is 1.82. The number of hydrogen-bond acceptors (Lipinski definition) is 3. The molecule has 0 saturated carbocycles. The predicted molar refractivity (Wildman–Crippen MR) is 74.9 cm³/mol. The Morgan fingerprint density at radius 1 is 1.16 bits per heavy atom. The Morgan fingerprint density at radius 2 is 1.84 bits per heavy atom. The smallest absolute Gasteiger partial charge is 0.252 e. The zero-order chi connectivity index (χ0) is 13.8. The molecule has 1 unspecified atom stereocenters. The Kier molecular flexibility index (Phi) is 3.71. The Hall–Kier alpha value is -2.49. The highest BCUT2D eigenvalue weighted by Gasteiger charge is 2.13. The molecule has 0 fully saturated rings. The lowest BCUT2D eigenvalue weighted by molar-refractivity contribution is 0.0994. The molecule has 0 aromatic heterocycles. The van der Waals surface area contributed by atoms with Crippen LogP contribution in [0.25, 0.3) is 0 Å². The van der Waals surface area contributed by atoms with Crippen LogP contribution in [0.1, 0.15) is 28.9 Å². The van der Waals surface area contributed by atoms with Crippen LogP contribution in [0.3, 0.4) is 0 Å². The van der Waals surface area contributed by atoms with E-state index in [1.165, 1.54) is 0 Å². The van der Waals surface area contributed by atoms with Crippen LogP contribution in [0.15, 0.2) is 48.5 Å². The average molecular weight is 256 g/mol. The van der Waals surface area contributed by atoms with E-state index in [-0.39, 0.29) is 6.10 Å². The number of ether oxygens (including phenoxy) is 1. The van der Waals surface area contributed by atoms with Crippen LogP contribution in [0, 0.1) is 0 Å². The van der Waals surface area contributed by atoms with Crippen LogP contribution in [0.2, 0.25) is 0 Å². The predicted octanol–water partition coefficient (Wildman–Crippen LogP) is 2.51. The van der Waals surface area contributed by atoms with Crippen molar-refractivity contribution in [2.24, 2.45) is 5.73 Å². The van der Waals surface area contributed by atoms with Crippen LogP contribution in [-0.2, 0) is 0 Å². The lowest BCUT2D eigenvalue weighted by Gasteiger charge is -2.17. The van der Waals surface area contributed by atoms with Crippen LogP contribution in [-0.4, -0.2) is 5.91 Å². The molecule has 2 aromatic rings. The van der Waals surface area contributed by atoms with E-state index >= 15 is 0 Å². The Labute approximate surface area is 112 Å². The summed E-state index contributed by atoms with van der Waals surface area (Å²) in [6.45, 7) is 1.91. The number of nitrogen functional groups attached to an aromatic ring is 1. The highest BCUT2D eigenvalue weighted by Crippen LogP contribution is 2.27. The van der Waals surface area contributed by atoms with Gasteiger partial charge < -0.3 is 16.2 Å². The molecule has 4 nitrogen and oxygen atoms in total. The molecule has 19 heavy (non-hydrogen) atoms. The number of carbonyl (C=O) groups is 1. The molecule has 0 aliphatic heterocycles. The molecule has 2 rings (SSSR count). The summed E-state index contributed by atoms with van der Waals surface area (Å²) in [7, 11) is 0. The van der Waals surface area contributed by atoms with E-state index in [4.69, 9.17) is 16.2 Å². The van der Waals surface area contributed by atoms with Gasteiger partial charge in [-0.25, -0.2) is 0 Å². The molecule has 0 spiro atoms. The summed E-state index contributed by atoms with van der Waals surface area (Å²) >= 11 is 0. The molecule has 0 bridgehead atoms. The summed E-state index contributed by atoms with van der Waals surface area (Å²) in [5, 5.41) is 0. The van der Waals surface area contributed by atoms with Crippen molar-refractivity contribution in [1.82, 2.24) is 0 Å². The third-order valence-electron chi connectivity index (χ3n) is 2.84. The quantitative estimate of drug-likeness (QED) is 0.825. The minimum absolute atomic E-state index is 0.193. The molecule has 0 saturated heterocycles. The minimum atomic E-state index is -0.532. The SMILES string of the molecule is CC(Oc1cc(N)ccc1C(N)=O)c1ccccc1. The average Bonchev–Trinajstić information content (AvgIpc) is 2.39. The number of amides is 1. The van der Waals surface area contributed by atoms with E-state index in [0.717, 1.165) is 5.56 Å². The number of rotatable bonds is 4. The molecule has 4 N–H and O–H groups in total. The van der Waals surface area contributed by atoms with Crippen LogP contribution >= 0.6 is 0 Å². The molecule has 0 aliphatic carbocycles. The van der Waals surface area contributed by atoms with Crippen molar-refractivity contribution in [2.45, 2.75) is 13.0 Å². The first-order valence-electron chi connectivity index (χ1n) is 5.99. The minimum Gasteiger partial charge on any atom is -0.485 e. The highest BCUT2D eigenvalue weighted by atomic mass is 16.5. The Balaban J connectivity index is 2.28. The maximum atomic E-state index is 11.4. The van der Waals surface area contributed by atoms with Crippen molar-refractivity contribution in [3.8, 4) is 5.75 Å². The normalized spacial score (nSPS) is 11.8. The Bertz CT molecular complexity index is 582. The number of hydrogen-bond donors (Lipinski definition) is 2. The molecule has 1 atom stereocenters. The third kappa shape index (κ3) is 3.04. The van der Waals surface area contributed by atoms with E-state index < -0.39 is 5.91 Å². The van der Waals surface area contributed by atoms with Gasteiger partial charge in [-0.2, -0.15) is 0 Å².